The second-order valence-electron chi connectivity index (χ2n) is 7.40. The van der Waals surface area contributed by atoms with Gasteiger partial charge in [-0.25, -0.2) is 0 Å². The van der Waals surface area contributed by atoms with Crippen molar-refractivity contribution < 1.29 is 4.79 Å². The van der Waals surface area contributed by atoms with Crippen LogP contribution < -0.4 is 4.90 Å². The number of carbonyl (C=O) groups is 1. The van der Waals surface area contributed by atoms with Gasteiger partial charge >= 0.3 is 0 Å². The molecular weight excluding hydrogens is 334 g/mol. The third-order valence-corrected chi connectivity index (χ3v) is 5.76. The highest BCUT2D eigenvalue weighted by Gasteiger charge is 2.54. The van der Waals surface area contributed by atoms with E-state index >= 15 is 0 Å². The molecule has 27 heavy (non-hydrogen) atoms. The van der Waals surface area contributed by atoms with Gasteiger partial charge in [-0.1, -0.05) is 42.5 Å². The van der Waals surface area contributed by atoms with Crippen LogP contribution in [0.2, 0.25) is 0 Å². The molecule has 2 aliphatic heterocycles. The van der Waals surface area contributed by atoms with Crippen molar-refractivity contribution in [1.82, 2.24) is 9.88 Å². The lowest BCUT2D eigenvalue weighted by Crippen LogP contribution is -2.40. The van der Waals surface area contributed by atoms with E-state index in [4.69, 9.17) is 0 Å². The molecule has 1 atom stereocenters. The van der Waals surface area contributed by atoms with Gasteiger partial charge in [0.15, 0.2) is 0 Å². The van der Waals surface area contributed by atoms with Gasteiger partial charge in [-0.15, -0.1) is 0 Å². The molecule has 0 radical (unpaired) electrons. The van der Waals surface area contributed by atoms with Gasteiger partial charge in [0.05, 0.1) is 11.1 Å². The van der Waals surface area contributed by atoms with Crippen LogP contribution in [0.15, 0.2) is 79.1 Å². The minimum atomic E-state index is -0.450. The molecule has 1 saturated heterocycles. The molecule has 3 heterocycles. The van der Waals surface area contributed by atoms with Crippen LogP contribution in [0.1, 0.15) is 17.5 Å². The number of amides is 1. The van der Waals surface area contributed by atoms with Gasteiger partial charge in [-0.2, -0.15) is 0 Å². The quantitative estimate of drug-likeness (QED) is 0.715. The first-order valence-corrected chi connectivity index (χ1v) is 9.38. The summed E-state index contributed by atoms with van der Waals surface area (Å²) < 4.78 is 0. The Hall–Kier alpha value is -2.98. The third kappa shape index (κ3) is 2.56. The van der Waals surface area contributed by atoms with Crippen LogP contribution in [0.3, 0.4) is 0 Å². The molecule has 1 amide bonds. The number of anilines is 2. The van der Waals surface area contributed by atoms with Crippen molar-refractivity contribution in [2.75, 3.05) is 18.0 Å². The fourth-order valence-electron chi connectivity index (χ4n) is 4.51. The van der Waals surface area contributed by atoms with E-state index in [0.29, 0.717) is 0 Å². The van der Waals surface area contributed by atoms with Crippen molar-refractivity contribution in [3.8, 4) is 0 Å². The number of likely N-dealkylation sites (tertiary alicyclic amines) is 1. The number of carbonyl (C=O) groups excluding carboxylic acids is 1. The first-order chi connectivity index (χ1) is 13.3. The summed E-state index contributed by atoms with van der Waals surface area (Å²) in [6.45, 7) is 2.50. The van der Waals surface area contributed by atoms with Gasteiger partial charge in [0.1, 0.15) is 0 Å². The maximum atomic E-state index is 13.7. The van der Waals surface area contributed by atoms with Gasteiger partial charge in [0, 0.05) is 31.2 Å². The lowest BCUT2D eigenvalue weighted by atomic mass is 9.81. The molecule has 1 fully saturated rings. The lowest BCUT2D eigenvalue weighted by molar-refractivity contribution is -0.122. The molecule has 134 valence electrons. The Morgan fingerprint density at radius 2 is 1.78 bits per heavy atom. The largest absolute Gasteiger partial charge is 0.298 e. The maximum absolute atomic E-state index is 13.7. The summed E-state index contributed by atoms with van der Waals surface area (Å²) in [5, 5.41) is 0. The van der Waals surface area contributed by atoms with Crippen molar-refractivity contribution in [3.63, 3.8) is 0 Å². The fraction of sp³-hybridized carbons (Fsp3) is 0.217. The number of nitrogens with zero attached hydrogens (tertiary/aromatic N) is 3. The average molecular weight is 355 g/mol. The van der Waals surface area contributed by atoms with E-state index in [2.05, 4.69) is 28.1 Å². The zero-order valence-corrected chi connectivity index (χ0v) is 15.1. The minimum Gasteiger partial charge on any atom is -0.298 e. The first-order valence-electron chi connectivity index (χ1n) is 9.38. The summed E-state index contributed by atoms with van der Waals surface area (Å²) >= 11 is 0. The highest BCUT2D eigenvalue weighted by Crippen LogP contribution is 2.49. The lowest BCUT2D eigenvalue weighted by Gasteiger charge is -2.24. The van der Waals surface area contributed by atoms with E-state index < -0.39 is 5.41 Å². The van der Waals surface area contributed by atoms with Crippen molar-refractivity contribution in [2.24, 2.45) is 0 Å². The number of para-hydroxylation sites is 2. The molecule has 0 N–H and O–H groups in total. The van der Waals surface area contributed by atoms with E-state index in [0.717, 1.165) is 43.0 Å². The highest BCUT2D eigenvalue weighted by atomic mass is 16.2. The number of benzene rings is 2. The maximum Gasteiger partial charge on any atom is 0.243 e. The van der Waals surface area contributed by atoms with Gasteiger partial charge < -0.3 is 0 Å². The van der Waals surface area contributed by atoms with Crippen LogP contribution in [0, 0.1) is 0 Å². The number of aromatic nitrogens is 1. The Balaban J connectivity index is 1.51. The summed E-state index contributed by atoms with van der Waals surface area (Å²) in [5.41, 5.74) is 3.87. The summed E-state index contributed by atoms with van der Waals surface area (Å²) in [4.78, 5) is 22.2. The summed E-state index contributed by atoms with van der Waals surface area (Å²) in [7, 11) is 0. The van der Waals surface area contributed by atoms with Crippen LogP contribution in [0.5, 0.6) is 0 Å². The van der Waals surface area contributed by atoms with Crippen LogP contribution in [-0.2, 0) is 16.8 Å². The predicted molar refractivity (Wildman–Crippen MR) is 106 cm³/mol. The van der Waals surface area contributed by atoms with Crippen molar-refractivity contribution in [1.29, 1.82) is 0 Å². The van der Waals surface area contributed by atoms with Gasteiger partial charge in [-0.05, 0) is 48.4 Å². The van der Waals surface area contributed by atoms with Gasteiger partial charge in [-0.3, -0.25) is 19.6 Å². The zero-order valence-electron chi connectivity index (χ0n) is 15.1. The molecule has 2 aliphatic rings. The second kappa shape index (κ2) is 6.32. The normalized spacial score (nSPS) is 21.8. The van der Waals surface area contributed by atoms with E-state index in [1.807, 2.05) is 59.6 Å². The van der Waals surface area contributed by atoms with E-state index in [1.54, 1.807) is 6.20 Å². The molecule has 5 rings (SSSR count). The first kappa shape index (κ1) is 16.2. The SMILES string of the molecule is O=C1N(c2ccccc2)c2ccccc2C12CCN(Cc1cccnc1)C2. The predicted octanol–water partition coefficient (Wildman–Crippen LogP) is 3.90. The van der Waals surface area contributed by atoms with Gasteiger partial charge in [0.2, 0.25) is 5.91 Å². The number of rotatable bonds is 3. The van der Waals surface area contributed by atoms with E-state index in [9.17, 15) is 4.79 Å². The Kier molecular flexibility index (Phi) is 3.80. The molecule has 1 aromatic heterocycles. The van der Waals surface area contributed by atoms with Crippen LogP contribution in [0.4, 0.5) is 11.4 Å². The Morgan fingerprint density at radius 1 is 0.963 bits per heavy atom. The Morgan fingerprint density at radius 3 is 2.59 bits per heavy atom. The standard InChI is InChI=1S/C23H21N3O/c27-22-23(12-14-25(17-23)16-18-7-6-13-24-15-18)20-10-4-5-11-21(20)26(22)19-8-2-1-3-9-19/h1-11,13,15H,12,14,16-17H2. The molecule has 2 aromatic carbocycles. The molecule has 1 unspecified atom stereocenters. The molecule has 0 bridgehead atoms. The summed E-state index contributed by atoms with van der Waals surface area (Å²) in [6.07, 6.45) is 4.56. The molecule has 3 aromatic rings. The van der Waals surface area contributed by atoms with Crippen molar-refractivity contribution in [3.05, 3.63) is 90.3 Å². The topological polar surface area (TPSA) is 36.4 Å². The summed E-state index contributed by atoms with van der Waals surface area (Å²) in [5.74, 6) is 0.198. The minimum absolute atomic E-state index is 0.198. The van der Waals surface area contributed by atoms with Crippen molar-refractivity contribution in [2.45, 2.75) is 18.4 Å². The highest BCUT2D eigenvalue weighted by molar-refractivity contribution is 6.13. The smallest absolute Gasteiger partial charge is 0.243 e. The van der Waals surface area contributed by atoms with E-state index in [1.165, 1.54) is 5.56 Å². The zero-order chi connectivity index (χ0) is 18.3. The molecule has 0 aliphatic carbocycles. The number of hydrogen-bond acceptors (Lipinski definition) is 3. The van der Waals surface area contributed by atoms with Gasteiger partial charge in [0.25, 0.3) is 0 Å². The number of pyridine rings is 1. The monoisotopic (exact) mass is 355 g/mol. The summed E-state index contributed by atoms with van der Waals surface area (Å²) in [6, 6.07) is 22.3. The number of fused-ring (bicyclic) bond motifs is 2. The third-order valence-electron chi connectivity index (χ3n) is 5.76. The fourth-order valence-corrected chi connectivity index (χ4v) is 4.51. The molecule has 4 nitrogen and oxygen atoms in total. The molecular formula is C23H21N3O. The van der Waals surface area contributed by atoms with Crippen LogP contribution in [0.25, 0.3) is 0 Å². The van der Waals surface area contributed by atoms with Crippen LogP contribution >= 0.6 is 0 Å². The molecule has 0 saturated carbocycles. The average Bonchev–Trinajstić information content (AvgIpc) is 3.24. The Bertz CT molecular complexity index is 973. The second-order valence-corrected chi connectivity index (χ2v) is 7.40. The van der Waals surface area contributed by atoms with Crippen molar-refractivity contribution >= 4 is 17.3 Å². The Labute approximate surface area is 159 Å². The molecule has 1 spiro atoms. The number of hydrogen-bond donors (Lipinski definition) is 0. The van der Waals surface area contributed by atoms with E-state index in [-0.39, 0.29) is 5.91 Å². The molecule has 4 heteroatoms. The van der Waals surface area contributed by atoms with Crippen LogP contribution in [-0.4, -0.2) is 28.9 Å².